The summed E-state index contributed by atoms with van der Waals surface area (Å²) < 4.78 is 7.92. The van der Waals surface area contributed by atoms with E-state index in [2.05, 4.69) is 5.10 Å². The number of thiophene rings is 1. The molecule has 2 aromatic rings. The molecule has 1 aliphatic carbocycles. The Labute approximate surface area is 138 Å². The second-order valence-corrected chi connectivity index (χ2v) is 7.16. The number of hydrogen-bond acceptors (Lipinski definition) is 5. The maximum Gasteiger partial charge on any atom is 0.260 e. The smallest absolute Gasteiger partial charge is 0.260 e. The molecule has 1 amide bonds. The van der Waals surface area contributed by atoms with E-state index in [1.54, 1.807) is 0 Å². The lowest BCUT2D eigenvalue weighted by Gasteiger charge is -2.24. The number of aromatic nitrogens is 2. The van der Waals surface area contributed by atoms with Gasteiger partial charge in [-0.15, -0.1) is 11.3 Å². The minimum Gasteiger partial charge on any atom is -0.397 e. The Morgan fingerprint density at radius 1 is 1.35 bits per heavy atom. The third kappa shape index (κ3) is 2.35. The highest BCUT2D eigenvalue weighted by Crippen LogP contribution is 2.43. The fraction of sp³-hybridized carbons (Fsp3) is 0.500. The van der Waals surface area contributed by atoms with Crippen LogP contribution < -0.4 is 11.5 Å². The van der Waals surface area contributed by atoms with Gasteiger partial charge in [-0.05, 0) is 44.1 Å². The highest BCUT2D eigenvalue weighted by molar-refractivity contribution is 7.18. The Hall–Kier alpha value is -1.86. The van der Waals surface area contributed by atoms with Crippen LogP contribution in [0, 0.1) is 0 Å². The van der Waals surface area contributed by atoms with E-state index in [1.807, 2.05) is 10.9 Å². The van der Waals surface area contributed by atoms with Gasteiger partial charge in [0.25, 0.3) is 5.91 Å². The molecule has 1 saturated heterocycles. The molecule has 7 heteroatoms. The summed E-state index contributed by atoms with van der Waals surface area (Å²) in [5.41, 5.74) is 15.5. The summed E-state index contributed by atoms with van der Waals surface area (Å²) in [7, 11) is 0. The number of anilines is 1. The highest BCUT2D eigenvalue weighted by Gasteiger charge is 2.28. The van der Waals surface area contributed by atoms with Crippen LogP contribution in [0.25, 0.3) is 10.4 Å². The van der Waals surface area contributed by atoms with Crippen LogP contribution in [-0.4, -0.2) is 22.3 Å². The maximum absolute atomic E-state index is 11.6. The monoisotopic (exact) mass is 332 g/mol. The van der Waals surface area contributed by atoms with Gasteiger partial charge in [-0.1, -0.05) is 0 Å². The van der Waals surface area contributed by atoms with Crippen molar-refractivity contribution in [2.24, 2.45) is 5.73 Å². The molecular weight excluding hydrogens is 312 g/mol. The quantitative estimate of drug-likeness (QED) is 0.883. The number of ether oxygens (including phenoxy) is 1. The van der Waals surface area contributed by atoms with Crippen LogP contribution in [0.3, 0.4) is 0 Å². The van der Waals surface area contributed by atoms with Gasteiger partial charge in [0, 0.05) is 17.0 Å². The normalized spacial score (nSPS) is 20.6. The first-order valence-electron chi connectivity index (χ1n) is 8.06. The number of fused-ring (bicyclic) bond motifs is 3. The van der Waals surface area contributed by atoms with E-state index < -0.39 is 5.91 Å². The molecule has 1 unspecified atom stereocenters. The molecule has 122 valence electrons. The number of nitrogens with zero attached hydrogens (tertiary/aromatic N) is 2. The Kier molecular flexibility index (Phi) is 3.61. The number of carbonyl (C=O) groups is 1. The van der Waals surface area contributed by atoms with E-state index in [0.717, 1.165) is 54.7 Å². The molecule has 4 rings (SSSR count). The average molecular weight is 332 g/mol. The molecule has 0 radical (unpaired) electrons. The first-order valence-corrected chi connectivity index (χ1v) is 8.87. The summed E-state index contributed by atoms with van der Waals surface area (Å²) in [4.78, 5) is 13.1. The van der Waals surface area contributed by atoms with E-state index in [-0.39, 0.29) is 6.23 Å². The molecule has 2 aliphatic rings. The molecule has 1 aliphatic heterocycles. The number of amides is 1. The SMILES string of the molecule is NC(=O)c1sc2c(c1N)CCCc1c-2cnn1C1CCCCO1. The molecule has 2 aromatic heterocycles. The van der Waals surface area contributed by atoms with Crippen molar-refractivity contribution >= 4 is 22.9 Å². The van der Waals surface area contributed by atoms with Gasteiger partial charge in [-0.25, -0.2) is 4.68 Å². The van der Waals surface area contributed by atoms with E-state index >= 15 is 0 Å². The lowest BCUT2D eigenvalue weighted by molar-refractivity contribution is -0.0410. The summed E-state index contributed by atoms with van der Waals surface area (Å²) >= 11 is 1.39. The zero-order valence-corrected chi connectivity index (χ0v) is 13.7. The lowest BCUT2D eigenvalue weighted by Crippen LogP contribution is -2.21. The van der Waals surface area contributed by atoms with E-state index in [1.165, 1.54) is 23.5 Å². The number of carbonyl (C=O) groups excluding carboxylic acids is 1. The van der Waals surface area contributed by atoms with Gasteiger partial charge in [0.05, 0.1) is 17.6 Å². The minimum atomic E-state index is -0.454. The predicted octanol–water partition coefficient (Wildman–Crippen LogP) is 2.48. The number of hydrogen-bond donors (Lipinski definition) is 2. The minimum absolute atomic E-state index is 0.0296. The van der Waals surface area contributed by atoms with Crippen LogP contribution in [0.1, 0.15) is 52.8 Å². The molecule has 0 aromatic carbocycles. The van der Waals surface area contributed by atoms with Crippen molar-refractivity contribution in [1.29, 1.82) is 0 Å². The maximum atomic E-state index is 11.6. The second-order valence-electron chi connectivity index (χ2n) is 6.14. The Morgan fingerprint density at radius 3 is 2.96 bits per heavy atom. The molecule has 3 heterocycles. The fourth-order valence-corrected chi connectivity index (χ4v) is 4.70. The van der Waals surface area contributed by atoms with Crippen molar-refractivity contribution in [3.8, 4) is 10.4 Å². The van der Waals surface area contributed by atoms with Gasteiger partial charge in [0.15, 0.2) is 0 Å². The predicted molar refractivity (Wildman–Crippen MR) is 89.3 cm³/mol. The number of nitrogen functional groups attached to an aromatic ring is 1. The van der Waals surface area contributed by atoms with Crippen LogP contribution in [0.4, 0.5) is 5.69 Å². The van der Waals surface area contributed by atoms with E-state index in [9.17, 15) is 4.79 Å². The standard InChI is InChI=1S/C16H20N4O2S/c17-13-9-4-3-5-11-10(14(9)23-15(13)16(18)21)8-19-20(11)12-6-1-2-7-22-12/h8,12H,1-7,17H2,(H2,18,21). The topological polar surface area (TPSA) is 96.2 Å². The molecule has 1 atom stereocenters. The first kappa shape index (κ1) is 14.7. The number of primary amides is 1. The molecule has 1 fully saturated rings. The van der Waals surface area contributed by atoms with Crippen molar-refractivity contribution in [3.05, 3.63) is 22.3 Å². The van der Waals surface area contributed by atoms with Gasteiger partial charge in [-0.3, -0.25) is 4.79 Å². The van der Waals surface area contributed by atoms with Gasteiger partial charge in [-0.2, -0.15) is 5.10 Å². The summed E-state index contributed by atoms with van der Waals surface area (Å²) in [6, 6.07) is 0. The van der Waals surface area contributed by atoms with Crippen molar-refractivity contribution in [2.75, 3.05) is 12.3 Å². The molecule has 0 bridgehead atoms. The van der Waals surface area contributed by atoms with Crippen LogP contribution in [-0.2, 0) is 17.6 Å². The molecule has 4 N–H and O–H groups in total. The number of rotatable bonds is 2. The Morgan fingerprint density at radius 2 is 2.22 bits per heavy atom. The molecule has 6 nitrogen and oxygen atoms in total. The fourth-order valence-electron chi connectivity index (χ4n) is 3.55. The van der Waals surface area contributed by atoms with E-state index in [4.69, 9.17) is 16.2 Å². The highest BCUT2D eigenvalue weighted by atomic mass is 32.1. The summed E-state index contributed by atoms with van der Waals surface area (Å²) in [6.45, 7) is 0.794. The largest absolute Gasteiger partial charge is 0.397 e. The third-order valence-corrected chi connectivity index (χ3v) is 5.98. The molecule has 0 spiro atoms. The van der Waals surface area contributed by atoms with Gasteiger partial charge >= 0.3 is 0 Å². The van der Waals surface area contributed by atoms with Gasteiger partial charge < -0.3 is 16.2 Å². The van der Waals surface area contributed by atoms with Crippen molar-refractivity contribution in [3.63, 3.8) is 0 Å². The van der Waals surface area contributed by atoms with Crippen LogP contribution in [0.15, 0.2) is 6.20 Å². The molecule has 0 saturated carbocycles. The van der Waals surface area contributed by atoms with Crippen LogP contribution in [0.5, 0.6) is 0 Å². The summed E-state index contributed by atoms with van der Waals surface area (Å²) in [5.74, 6) is -0.454. The first-order chi connectivity index (χ1) is 11.2. The summed E-state index contributed by atoms with van der Waals surface area (Å²) in [5, 5.41) is 4.59. The molecule has 23 heavy (non-hydrogen) atoms. The molecular formula is C16H20N4O2S. The van der Waals surface area contributed by atoms with Crippen molar-refractivity contribution in [2.45, 2.75) is 44.8 Å². The zero-order chi connectivity index (χ0) is 16.0. The second kappa shape index (κ2) is 5.65. The van der Waals surface area contributed by atoms with E-state index in [0.29, 0.717) is 10.6 Å². The van der Waals surface area contributed by atoms with Crippen LogP contribution >= 0.6 is 11.3 Å². The summed E-state index contributed by atoms with van der Waals surface area (Å²) in [6.07, 6.45) is 8.00. The number of nitrogens with two attached hydrogens (primary N) is 2. The van der Waals surface area contributed by atoms with Gasteiger partial charge in [0.1, 0.15) is 11.1 Å². The third-order valence-electron chi connectivity index (χ3n) is 4.68. The van der Waals surface area contributed by atoms with Crippen molar-refractivity contribution in [1.82, 2.24) is 9.78 Å². The zero-order valence-electron chi connectivity index (χ0n) is 12.9. The average Bonchev–Trinajstić information content (AvgIpc) is 3.05. The van der Waals surface area contributed by atoms with Crippen LogP contribution in [0.2, 0.25) is 0 Å². The van der Waals surface area contributed by atoms with Crippen molar-refractivity contribution < 1.29 is 9.53 Å². The lowest BCUT2D eigenvalue weighted by atomic mass is 10.1. The van der Waals surface area contributed by atoms with Gasteiger partial charge in [0.2, 0.25) is 0 Å². The Bertz CT molecular complexity index is 758. The Balaban J connectivity index is 1.81.